The molecule has 0 aliphatic carbocycles. The van der Waals surface area contributed by atoms with Gasteiger partial charge in [-0.25, -0.2) is 13.2 Å². The third kappa shape index (κ3) is 4.40. The van der Waals surface area contributed by atoms with E-state index in [0.717, 1.165) is 24.5 Å². The molecule has 0 heterocycles. The number of halogens is 3. The van der Waals surface area contributed by atoms with Crippen LogP contribution in [0.5, 0.6) is 5.75 Å². The second-order valence-electron chi connectivity index (χ2n) is 4.80. The predicted molar refractivity (Wildman–Crippen MR) is 92.6 cm³/mol. The fraction of sp³-hybridized carbons (Fsp3) is 0.0714. The van der Waals surface area contributed by atoms with Crippen molar-refractivity contribution in [3.8, 4) is 5.75 Å². The van der Waals surface area contributed by atoms with Crippen LogP contribution < -0.4 is 4.74 Å². The molecule has 0 amide bonds. The van der Waals surface area contributed by atoms with Gasteiger partial charge in [-0.1, -0.05) is 34.8 Å². The number of sulfone groups is 1. The Morgan fingerprint density at radius 3 is 2.16 bits per heavy atom. The van der Waals surface area contributed by atoms with Gasteiger partial charge in [-0.15, -0.1) is 0 Å². The lowest BCUT2D eigenvalue weighted by Gasteiger charge is -2.09. The highest BCUT2D eigenvalue weighted by molar-refractivity contribution is 7.90. The van der Waals surface area contributed by atoms with Gasteiger partial charge in [-0.3, -0.25) is 10.1 Å². The van der Waals surface area contributed by atoms with E-state index in [0.29, 0.717) is 0 Å². The fourth-order valence-electron chi connectivity index (χ4n) is 1.88. The van der Waals surface area contributed by atoms with Crippen molar-refractivity contribution in [2.75, 3.05) is 6.26 Å². The Morgan fingerprint density at radius 1 is 1.12 bits per heavy atom. The van der Waals surface area contributed by atoms with Gasteiger partial charge in [0.25, 0.3) is 5.69 Å². The van der Waals surface area contributed by atoms with Gasteiger partial charge >= 0.3 is 5.97 Å². The highest BCUT2D eigenvalue weighted by Crippen LogP contribution is 2.36. The molecule has 2 aromatic rings. The maximum absolute atomic E-state index is 12.2. The number of esters is 1. The molecule has 0 saturated carbocycles. The van der Waals surface area contributed by atoms with Crippen molar-refractivity contribution >= 4 is 56.3 Å². The van der Waals surface area contributed by atoms with E-state index in [-0.39, 0.29) is 26.4 Å². The number of carbonyl (C=O) groups excluding carboxylic acids is 1. The Bertz CT molecular complexity index is 967. The Morgan fingerprint density at radius 2 is 1.68 bits per heavy atom. The monoisotopic (exact) mass is 423 g/mol. The number of hydrogen-bond acceptors (Lipinski definition) is 6. The molecule has 7 nitrogen and oxygen atoms in total. The third-order valence-electron chi connectivity index (χ3n) is 2.95. The second kappa shape index (κ2) is 7.17. The molecule has 0 aliphatic heterocycles. The zero-order valence-electron chi connectivity index (χ0n) is 12.3. The molecule has 0 fully saturated rings. The van der Waals surface area contributed by atoms with Gasteiger partial charge in [0.2, 0.25) is 0 Å². The minimum atomic E-state index is -3.85. The third-order valence-corrected chi connectivity index (χ3v) is 4.87. The van der Waals surface area contributed by atoms with Gasteiger partial charge in [0.1, 0.15) is 4.90 Å². The summed E-state index contributed by atoms with van der Waals surface area (Å²) in [6, 6.07) is 5.44. The average Bonchev–Trinajstić information content (AvgIpc) is 2.49. The van der Waals surface area contributed by atoms with Gasteiger partial charge in [0.15, 0.2) is 15.6 Å². The Balaban J connectivity index is 2.45. The molecule has 0 radical (unpaired) electrons. The van der Waals surface area contributed by atoms with Crippen molar-refractivity contribution in [1.82, 2.24) is 0 Å². The average molecular weight is 425 g/mol. The molecule has 0 unspecified atom stereocenters. The zero-order chi connectivity index (χ0) is 18.9. The summed E-state index contributed by atoms with van der Waals surface area (Å²) in [5.74, 6) is -1.18. The van der Waals surface area contributed by atoms with E-state index in [4.69, 9.17) is 39.5 Å². The van der Waals surface area contributed by atoms with Crippen LogP contribution in [-0.2, 0) is 9.84 Å². The van der Waals surface area contributed by atoms with Crippen LogP contribution in [0.2, 0.25) is 15.1 Å². The topological polar surface area (TPSA) is 104 Å². The second-order valence-corrected chi connectivity index (χ2v) is 8.03. The summed E-state index contributed by atoms with van der Waals surface area (Å²) in [6.07, 6.45) is 0.820. The van der Waals surface area contributed by atoms with Crippen LogP contribution in [0.4, 0.5) is 5.69 Å². The predicted octanol–water partition coefficient (Wildman–Crippen LogP) is 4.18. The van der Waals surface area contributed by atoms with E-state index in [2.05, 4.69) is 0 Å². The van der Waals surface area contributed by atoms with Crippen molar-refractivity contribution in [2.45, 2.75) is 4.90 Å². The Labute approximate surface area is 157 Å². The van der Waals surface area contributed by atoms with Gasteiger partial charge < -0.3 is 4.74 Å². The SMILES string of the molecule is CS(=O)(=O)c1ccc(C(=O)Oc2c(Cl)cc(Cl)cc2Cl)cc1[N+](=O)[O-]. The lowest BCUT2D eigenvalue weighted by Crippen LogP contribution is -2.11. The summed E-state index contributed by atoms with van der Waals surface area (Å²) >= 11 is 17.5. The van der Waals surface area contributed by atoms with Crippen molar-refractivity contribution in [3.05, 3.63) is 61.1 Å². The van der Waals surface area contributed by atoms with Crippen molar-refractivity contribution in [3.63, 3.8) is 0 Å². The molecular weight excluding hydrogens is 417 g/mol. The van der Waals surface area contributed by atoms with Crippen molar-refractivity contribution in [1.29, 1.82) is 0 Å². The van der Waals surface area contributed by atoms with Gasteiger partial charge in [-0.05, 0) is 24.3 Å². The van der Waals surface area contributed by atoms with Crippen molar-refractivity contribution in [2.24, 2.45) is 0 Å². The molecule has 2 aromatic carbocycles. The molecule has 0 atom stereocenters. The van der Waals surface area contributed by atoms with Crippen molar-refractivity contribution < 1.29 is 22.9 Å². The molecule has 0 aromatic heterocycles. The lowest BCUT2D eigenvalue weighted by atomic mass is 10.2. The van der Waals surface area contributed by atoms with Gasteiger partial charge in [-0.2, -0.15) is 0 Å². The number of hydrogen-bond donors (Lipinski definition) is 0. The first kappa shape index (κ1) is 19.5. The molecule has 0 bridgehead atoms. The van der Waals surface area contributed by atoms with Crippen LogP contribution in [0.25, 0.3) is 0 Å². The quantitative estimate of drug-likeness (QED) is 0.316. The maximum atomic E-state index is 12.2. The number of ether oxygens (including phenoxy) is 1. The largest absolute Gasteiger partial charge is 0.420 e. The highest BCUT2D eigenvalue weighted by Gasteiger charge is 2.25. The van der Waals surface area contributed by atoms with E-state index in [1.807, 2.05) is 0 Å². The van der Waals surface area contributed by atoms with Gasteiger partial charge in [0, 0.05) is 17.3 Å². The number of nitrogens with zero attached hydrogens (tertiary/aromatic N) is 1. The molecule has 0 N–H and O–H groups in total. The summed E-state index contributed by atoms with van der Waals surface area (Å²) in [4.78, 5) is 21.8. The van der Waals surface area contributed by atoms with E-state index in [9.17, 15) is 23.3 Å². The van der Waals surface area contributed by atoms with E-state index < -0.39 is 31.3 Å². The standard InChI is InChI=1S/C14H8Cl3NO6S/c1-25(22,23)12-3-2-7(4-11(12)18(20)21)14(19)24-13-9(16)5-8(15)6-10(13)17/h2-6H,1H3. The minimum Gasteiger partial charge on any atom is -0.420 e. The highest BCUT2D eigenvalue weighted by atomic mass is 35.5. The number of nitro benzene ring substituents is 1. The summed E-state index contributed by atoms with van der Waals surface area (Å²) in [7, 11) is -3.85. The molecular formula is C14H8Cl3NO6S. The van der Waals surface area contributed by atoms with Gasteiger partial charge in [0.05, 0.1) is 20.5 Å². The molecule has 132 valence electrons. The summed E-state index contributed by atoms with van der Waals surface area (Å²) in [6.45, 7) is 0. The molecule has 0 spiro atoms. The Hall–Kier alpha value is -1.87. The van der Waals surface area contributed by atoms with Crippen LogP contribution in [0, 0.1) is 10.1 Å². The van der Waals surface area contributed by atoms with Crippen LogP contribution in [0.1, 0.15) is 10.4 Å². The van der Waals surface area contributed by atoms with E-state index in [1.54, 1.807) is 0 Å². The first-order valence-electron chi connectivity index (χ1n) is 6.36. The molecule has 2 rings (SSSR count). The van der Waals surface area contributed by atoms with Crippen LogP contribution in [0.15, 0.2) is 35.2 Å². The zero-order valence-corrected chi connectivity index (χ0v) is 15.4. The Kier molecular flexibility index (Phi) is 5.58. The van der Waals surface area contributed by atoms with Crippen LogP contribution >= 0.6 is 34.8 Å². The summed E-state index contributed by atoms with van der Waals surface area (Å²) in [5.41, 5.74) is -0.994. The molecule has 25 heavy (non-hydrogen) atoms. The van der Waals surface area contributed by atoms with E-state index in [1.165, 1.54) is 12.1 Å². The summed E-state index contributed by atoms with van der Waals surface area (Å²) < 4.78 is 28.2. The lowest BCUT2D eigenvalue weighted by molar-refractivity contribution is -0.387. The first-order valence-corrected chi connectivity index (χ1v) is 9.38. The summed E-state index contributed by atoms with van der Waals surface area (Å²) in [5, 5.41) is 11.2. The number of benzene rings is 2. The number of nitro groups is 1. The number of carbonyl (C=O) groups is 1. The molecule has 11 heteroatoms. The van der Waals surface area contributed by atoms with E-state index >= 15 is 0 Å². The normalized spacial score (nSPS) is 11.2. The number of rotatable bonds is 4. The first-order chi connectivity index (χ1) is 11.5. The molecule has 0 aliphatic rings. The van der Waals surface area contributed by atoms with Crippen LogP contribution in [-0.4, -0.2) is 25.6 Å². The van der Waals surface area contributed by atoms with Crippen LogP contribution in [0.3, 0.4) is 0 Å². The smallest absolute Gasteiger partial charge is 0.343 e. The molecule has 0 saturated heterocycles. The maximum Gasteiger partial charge on any atom is 0.343 e. The fourth-order valence-corrected chi connectivity index (χ4v) is 3.60. The minimum absolute atomic E-state index is 0.0342.